The van der Waals surface area contributed by atoms with Crippen molar-refractivity contribution in [1.82, 2.24) is 24.8 Å². The number of hydrogen-bond donors (Lipinski definition) is 2. The number of fused-ring (bicyclic) bond motifs is 1. The minimum absolute atomic E-state index is 0.270. The summed E-state index contributed by atoms with van der Waals surface area (Å²) in [5.41, 5.74) is 4.83. The van der Waals surface area contributed by atoms with Crippen molar-refractivity contribution >= 4 is 5.97 Å². The summed E-state index contributed by atoms with van der Waals surface area (Å²) in [6.07, 6.45) is 6.28. The topological polar surface area (TPSA) is 102 Å². The van der Waals surface area contributed by atoms with Crippen molar-refractivity contribution in [2.24, 2.45) is 0 Å². The number of hydrogen-bond acceptors (Lipinski definition) is 7. The van der Waals surface area contributed by atoms with Gasteiger partial charge in [0.1, 0.15) is 12.9 Å². The Morgan fingerprint density at radius 2 is 2.11 bits per heavy atom. The summed E-state index contributed by atoms with van der Waals surface area (Å²) in [7, 11) is 0. The minimum Gasteiger partial charge on any atom is -0.457 e. The van der Waals surface area contributed by atoms with Gasteiger partial charge in [-0.1, -0.05) is 6.07 Å². The number of ether oxygens (including phenoxy) is 1. The van der Waals surface area contributed by atoms with Crippen LogP contribution in [0.4, 0.5) is 0 Å². The molecule has 3 aromatic rings. The van der Waals surface area contributed by atoms with Gasteiger partial charge in [-0.25, -0.2) is 14.8 Å². The van der Waals surface area contributed by atoms with Gasteiger partial charge in [0.05, 0.1) is 35.4 Å². The van der Waals surface area contributed by atoms with Gasteiger partial charge in [-0.3, -0.25) is 9.55 Å². The van der Waals surface area contributed by atoms with Gasteiger partial charge < -0.3 is 15.2 Å². The number of benzene rings is 1. The lowest BCUT2D eigenvalue weighted by Gasteiger charge is -2.16. The van der Waals surface area contributed by atoms with Crippen LogP contribution < -0.4 is 5.32 Å². The average molecular weight is 379 g/mol. The van der Waals surface area contributed by atoms with Crippen molar-refractivity contribution in [1.29, 1.82) is 0 Å². The van der Waals surface area contributed by atoms with Crippen molar-refractivity contribution < 1.29 is 14.6 Å². The molecule has 0 saturated heterocycles. The lowest BCUT2D eigenvalue weighted by atomic mass is 9.95. The van der Waals surface area contributed by atoms with E-state index in [4.69, 9.17) is 4.74 Å². The Morgan fingerprint density at radius 3 is 2.82 bits per heavy atom. The zero-order valence-corrected chi connectivity index (χ0v) is 15.7. The maximum atomic E-state index is 11.6. The number of aliphatic hydroxyl groups excluding tert-OH is 1. The normalized spacial score (nSPS) is 14.0. The molecule has 0 saturated carbocycles. The molecule has 1 aliphatic rings. The van der Waals surface area contributed by atoms with Crippen LogP contribution in [-0.4, -0.2) is 37.1 Å². The highest BCUT2D eigenvalue weighted by molar-refractivity contribution is 5.93. The molecule has 0 aliphatic carbocycles. The largest absolute Gasteiger partial charge is 0.457 e. The lowest BCUT2D eigenvalue weighted by molar-refractivity contribution is 0.0535. The number of imidazole rings is 1. The molecule has 144 valence electrons. The number of nitrogens with zero attached hydrogens (tertiary/aromatic N) is 4. The molecule has 0 radical (unpaired) electrons. The molecule has 4 rings (SSSR count). The van der Waals surface area contributed by atoms with Crippen LogP contribution in [0.3, 0.4) is 0 Å². The number of carbonyl (C=O) groups excluding carboxylic acids is 1. The van der Waals surface area contributed by atoms with Crippen molar-refractivity contribution in [3.8, 4) is 5.82 Å². The molecule has 1 aromatic carbocycles. The van der Waals surface area contributed by atoms with Gasteiger partial charge in [0.2, 0.25) is 0 Å². The standard InChI is InChI=1S/C20H21N5O3/c1-12-9-25(11-24-12)19-8-22-14(6-23-19)5-21-7-18(26)15-3-4-16-17(13(15)2)10-28-20(16)27/h3-4,6,8-9,11,18,21,26H,5,7,10H2,1-2H3/t18-/m0/s1. The minimum atomic E-state index is -0.692. The molecule has 0 fully saturated rings. The Kier molecular flexibility index (Phi) is 4.89. The second-order valence-electron chi connectivity index (χ2n) is 6.82. The van der Waals surface area contributed by atoms with Crippen LogP contribution in [0.15, 0.2) is 37.1 Å². The summed E-state index contributed by atoms with van der Waals surface area (Å²) in [5.74, 6) is 0.403. The van der Waals surface area contributed by atoms with Crippen LogP contribution in [-0.2, 0) is 17.9 Å². The summed E-state index contributed by atoms with van der Waals surface area (Å²) in [4.78, 5) is 24.6. The Balaban J connectivity index is 1.36. The third-order valence-electron chi connectivity index (χ3n) is 4.88. The molecule has 2 aromatic heterocycles. The fourth-order valence-corrected chi connectivity index (χ4v) is 3.29. The monoisotopic (exact) mass is 379 g/mol. The molecule has 1 atom stereocenters. The van der Waals surface area contributed by atoms with E-state index in [1.807, 2.05) is 24.6 Å². The van der Waals surface area contributed by atoms with E-state index in [-0.39, 0.29) is 12.6 Å². The van der Waals surface area contributed by atoms with Gasteiger partial charge in [0, 0.05) is 24.8 Å². The first-order chi connectivity index (χ1) is 13.5. The molecule has 3 heterocycles. The number of esters is 1. The maximum Gasteiger partial charge on any atom is 0.338 e. The summed E-state index contributed by atoms with van der Waals surface area (Å²) in [6.45, 7) is 4.94. The molecule has 28 heavy (non-hydrogen) atoms. The van der Waals surface area contributed by atoms with Crippen molar-refractivity contribution in [3.05, 3.63) is 70.7 Å². The number of cyclic esters (lactones) is 1. The number of aliphatic hydroxyl groups is 1. The van der Waals surface area contributed by atoms with E-state index in [0.717, 1.165) is 28.1 Å². The highest BCUT2D eigenvalue weighted by Crippen LogP contribution is 2.28. The third kappa shape index (κ3) is 3.51. The zero-order valence-electron chi connectivity index (χ0n) is 15.7. The molecule has 0 bridgehead atoms. The summed E-state index contributed by atoms with van der Waals surface area (Å²) in [5, 5.41) is 13.7. The molecule has 2 N–H and O–H groups in total. The van der Waals surface area contributed by atoms with E-state index in [1.54, 1.807) is 30.9 Å². The first kappa shape index (κ1) is 18.3. The van der Waals surface area contributed by atoms with E-state index in [1.165, 1.54) is 0 Å². The van der Waals surface area contributed by atoms with Gasteiger partial charge in [-0.05, 0) is 31.0 Å². The van der Waals surface area contributed by atoms with Crippen LogP contribution in [0.2, 0.25) is 0 Å². The second-order valence-corrected chi connectivity index (χ2v) is 6.82. The van der Waals surface area contributed by atoms with Crippen LogP contribution in [0.5, 0.6) is 0 Å². The van der Waals surface area contributed by atoms with Gasteiger partial charge in [-0.2, -0.15) is 0 Å². The maximum absolute atomic E-state index is 11.6. The molecule has 8 heteroatoms. The Morgan fingerprint density at radius 1 is 1.25 bits per heavy atom. The molecule has 0 unspecified atom stereocenters. The smallest absolute Gasteiger partial charge is 0.338 e. The predicted molar refractivity (Wildman–Crippen MR) is 101 cm³/mol. The number of carbonyl (C=O) groups is 1. The fraction of sp³-hybridized carbons (Fsp3) is 0.300. The highest BCUT2D eigenvalue weighted by atomic mass is 16.5. The Bertz CT molecular complexity index is 1010. The van der Waals surface area contributed by atoms with Crippen molar-refractivity contribution in [2.75, 3.05) is 6.54 Å². The Hall–Kier alpha value is -3.10. The average Bonchev–Trinajstić information content (AvgIpc) is 3.29. The van der Waals surface area contributed by atoms with E-state index in [2.05, 4.69) is 20.3 Å². The van der Waals surface area contributed by atoms with Crippen LogP contribution in [0, 0.1) is 13.8 Å². The summed E-state index contributed by atoms with van der Waals surface area (Å²) in [6, 6.07) is 3.51. The van der Waals surface area contributed by atoms with E-state index < -0.39 is 6.10 Å². The van der Waals surface area contributed by atoms with E-state index in [9.17, 15) is 9.90 Å². The van der Waals surface area contributed by atoms with Crippen molar-refractivity contribution in [2.45, 2.75) is 33.1 Å². The van der Waals surface area contributed by atoms with Crippen LogP contribution in [0.25, 0.3) is 5.82 Å². The van der Waals surface area contributed by atoms with E-state index in [0.29, 0.717) is 24.5 Å². The van der Waals surface area contributed by atoms with Gasteiger partial charge in [0.15, 0.2) is 5.82 Å². The number of nitrogens with one attached hydrogen (secondary N) is 1. The summed E-state index contributed by atoms with van der Waals surface area (Å²) < 4.78 is 6.88. The molecule has 8 nitrogen and oxygen atoms in total. The van der Waals surface area contributed by atoms with Crippen LogP contribution in [0.1, 0.15) is 44.5 Å². The molecule has 0 amide bonds. The van der Waals surface area contributed by atoms with Gasteiger partial charge >= 0.3 is 5.97 Å². The predicted octanol–water partition coefficient (Wildman–Crippen LogP) is 1.77. The summed E-state index contributed by atoms with van der Waals surface area (Å²) >= 11 is 0. The number of aromatic nitrogens is 4. The molecule has 1 aliphatic heterocycles. The number of rotatable bonds is 6. The third-order valence-corrected chi connectivity index (χ3v) is 4.88. The first-order valence-electron chi connectivity index (χ1n) is 9.03. The number of aryl methyl sites for hydroxylation is 1. The zero-order chi connectivity index (χ0) is 19.7. The SMILES string of the molecule is Cc1cn(-c2cnc(CNC[C@H](O)c3ccc4c(c3C)COC4=O)cn2)cn1. The first-order valence-corrected chi connectivity index (χ1v) is 9.03. The highest BCUT2D eigenvalue weighted by Gasteiger charge is 2.25. The van der Waals surface area contributed by atoms with Crippen molar-refractivity contribution in [3.63, 3.8) is 0 Å². The second kappa shape index (κ2) is 7.49. The van der Waals surface area contributed by atoms with Gasteiger partial charge in [0.25, 0.3) is 0 Å². The quantitative estimate of drug-likeness (QED) is 0.629. The fourth-order valence-electron chi connectivity index (χ4n) is 3.29. The molecular formula is C20H21N5O3. The van der Waals surface area contributed by atoms with Crippen LogP contribution >= 0.6 is 0 Å². The molecular weight excluding hydrogens is 358 g/mol. The van der Waals surface area contributed by atoms with Gasteiger partial charge in [-0.15, -0.1) is 0 Å². The molecule has 0 spiro atoms. The van der Waals surface area contributed by atoms with E-state index >= 15 is 0 Å². The lowest BCUT2D eigenvalue weighted by Crippen LogP contribution is -2.22. The Labute approximate surface area is 162 Å².